The van der Waals surface area contributed by atoms with Gasteiger partial charge in [-0.15, -0.1) is 0 Å². The van der Waals surface area contributed by atoms with Crippen molar-refractivity contribution in [1.82, 2.24) is 10.3 Å². The van der Waals surface area contributed by atoms with E-state index in [1.807, 2.05) is 14.0 Å². The summed E-state index contributed by atoms with van der Waals surface area (Å²) in [4.78, 5) is 4.48. The van der Waals surface area contributed by atoms with E-state index < -0.39 is 0 Å². The number of benzene rings is 1. The fourth-order valence-corrected chi connectivity index (χ4v) is 1.70. The maximum atomic E-state index is 4.48. The lowest BCUT2D eigenvalue weighted by molar-refractivity contribution is 0.792. The molecular formula is C13H16N2. The van der Waals surface area contributed by atoms with Crippen LogP contribution in [0.3, 0.4) is 0 Å². The number of nitrogens with zero attached hydrogens (tertiary/aromatic N) is 1. The predicted octanol–water partition coefficient (Wildman–Crippen LogP) is 2.31. The van der Waals surface area contributed by atoms with E-state index >= 15 is 0 Å². The molecule has 1 aromatic carbocycles. The fraction of sp³-hybridized carbons (Fsp3) is 0.308. The smallest absolute Gasteiger partial charge is 0.0705 e. The van der Waals surface area contributed by atoms with E-state index in [0.29, 0.717) is 0 Å². The van der Waals surface area contributed by atoms with Gasteiger partial charge in [0.15, 0.2) is 0 Å². The van der Waals surface area contributed by atoms with Crippen molar-refractivity contribution < 1.29 is 0 Å². The summed E-state index contributed by atoms with van der Waals surface area (Å²) in [6.45, 7) is 3.04. The summed E-state index contributed by atoms with van der Waals surface area (Å²) in [6.07, 6.45) is 1.07. The normalized spacial score (nSPS) is 10.8. The average molecular weight is 200 g/mol. The zero-order chi connectivity index (χ0) is 10.7. The van der Waals surface area contributed by atoms with Gasteiger partial charge in [0.2, 0.25) is 0 Å². The van der Waals surface area contributed by atoms with Crippen LogP contribution in [0.2, 0.25) is 0 Å². The van der Waals surface area contributed by atoms with Crippen LogP contribution < -0.4 is 5.32 Å². The summed E-state index contributed by atoms with van der Waals surface area (Å²) < 4.78 is 0. The summed E-state index contributed by atoms with van der Waals surface area (Å²) in [7, 11) is 1.98. The molecule has 1 heterocycles. The quantitative estimate of drug-likeness (QED) is 0.822. The number of nitrogens with one attached hydrogen (secondary N) is 1. The lowest BCUT2D eigenvalue weighted by atomic mass is 10.1. The number of pyridine rings is 1. The standard InChI is InChI=1S/C13H16N2/c1-10-3-5-12-9-11(7-8-14-2)4-6-13(12)15-10/h3-6,9,14H,7-8H2,1-2H3. The molecule has 0 bridgehead atoms. The fourth-order valence-electron chi connectivity index (χ4n) is 1.70. The van der Waals surface area contributed by atoms with Gasteiger partial charge in [0.1, 0.15) is 0 Å². The molecule has 0 spiro atoms. The molecule has 0 aliphatic carbocycles. The van der Waals surface area contributed by atoms with Crippen LogP contribution in [-0.4, -0.2) is 18.6 Å². The van der Waals surface area contributed by atoms with Crippen LogP contribution in [0.4, 0.5) is 0 Å². The maximum absolute atomic E-state index is 4.48. The van der Waals surface area contributed by atoms with Crippen LogP contribution in [0.5, 0.6) is 0 Å². The summed E-state index contributed by atoms with van der Waals surface area (Å²) in [5.74, 6) is 0. The Morgan fingerprint density at radius 2 is 2.07 bits per heavy atom. The highest BCUT2D eigenvalue weighted by Crippen LogP contribution is 2.14. The summed E-state index contributed by atoms with van der Waals surface area (Å²) in [5.41, 5.74) is 3.52. The molecule has 2 rings (SSSR count). The van der Waals surface area contributed by atoms with Gasteiger partial charge in [-0.2, -0.15) is 0 Å². The second kappa shape index (κ2) is 4.41. The summed E-state index contributed by atoms with van der Waals surface area (Å²) in [6, 6.07) is 10.7. The lowest BCUT2D eigenvalue weighted by Gasteiger charge is -2.03. The molecule has 1 N–H and O–H groups in total. The third-order valence-corrected chi connectivity index (χ3v) is 2.56. The van der Waals surface area contributed by atoms with Crippen LogP contribution in [0.15, 0.2) is 30.3 Å². The van der Waals surface area contributed by atoms with E-state index in [2.05, 4.69) is 40.6 Å². The van der Waals surface area contributed by atoms with Crippen molar-refractivity contribution in [3.05, 3.63) is 41.6 Å². The van der Waals surface area contributed by atoms with Crippen molar-refractivity contribution in [3.8, 4) is 0 Å². The first-order valence-corrected chi connectivity index (χ1v) is 5.30. The van der Waals surface area contributed by atoms with Gasteiger partial charge in [0, 0.05) is 11.1 Å². The topological polar surface area (TPSA) is 24.9 Å². The lowest BCUT2D eigenvalue weighted by Crippen LogP contribution is -2.10. The summed E-state index contributed by atoms with van der Waals surface area (Å²) >= 11 is 0. The zero-order valence-electron chi connectivity index (χ0n) is 9.25. The Balaban J connectivity index is 2.34. The molecule has 2 nitrogen and oxygen atoms in total. The zero-order valence-corrected chi connectivity index (χ0v) is 9.25. The number of hydrogen-bond acceptors (Lipinski definition) is 2. The van der Waals surface area contributed by atoms with E-state index in [-0.39, 0.29) is 0 Å². The molecule has 0 radical (unpaired) electrons. The molecular weight excluding hydrogens is 184 g/mol. The maximum Gasteiger partial charge on any atom is 0.0705 e. The third kappa shape index (κ3) is 2.34. The van der Waals surface area contributed by atoms with Crippen LogP contribution >= 0.6 is 0 Å². The molecule has 0 saturated carbocycles. The molecule has 0 aliphatic rings. The third-order valence-electron chi connectivity index (χ3n) is 2.56. The minimum Gasteiger partial charge on any atom is -0.319 e. The molecule has 0 unspecified atom stereocenters. The molecule has 0 atom stereocenters. The second-order valence-electron chi connectivity index (χ2n) is 3.83. The Bertz CT molecular complexity index is 463. The van der Waals surface area contributed by atoms with Gasteiger partial charge >= 0.3 is 0 Å². The summed E-state index contributed by atoms with van der Waals surface area (Å²) in [5, 5.41) is 4.39. The van der Waals surface area contributed by atoms with Gasteiger partial charge in [-0.05, 0) is 50.7 Å². The Kier molecular flexibility index (Phi) is 2.97. The Morgan fingerprint density at radius 3 is 2.87 bits per heavy atom. The van der Waals surface area contributed by atoms with Gasteiger partial charge in [0.05, 0.1) is 5.52 Å². The van der Waals surface area contributed by atoms with Crippen molar-refractivity contribution >= 4 is 10.9 Å². The first-order valence-electron chi connectivity index (χ1n) is 5.30. The highest BCUT2D eigenvalue weighted by atomic mass is 14.8. The highest BCUT2D eigenvalue weighted by Gasteiger charge is 1.97. The Labute approximate surface area is 90.3 Å². The van der Waals surface area contributed by atoms with Gasteiger partial charge in [-0.25, -0.2) is 0 Å². The Morgan fingerprint density at radius 1 is 1.20 bits per heavy atom. The number of aromatic nitrogens is 1. The first kappa shape index (κ1) is 10.1. The molecule has 2 aromatic rings. The van der Waals surface area contributed by atoms with Gasteiger partial charge in [0.25, 0.3) is 0 Å². The first-order chi connectivity index (χ1) is 7.29. The SMILES string of the molecule is CNCCc1ccc2nc(C)ccc2c1. The van der Waals surface area contributed by atoms with Crippen LogP contribution in [0, 0.1) is 6.92 Å². The molecule has 1 aromatic heterocycles. The predicted molar refractivity (Wildman–Crippen MR) is 64.1 cm³/mol. The van der Waals surface area contributed by atoms with E-state index in [9.17, 15) is 0 Å². The number of fused-ring (bicyclic) bond motifs is 1. The molecule has 0 amide bonds. The molecule has 0 fully saturated rings. The number of rotatable bonds is 3. The van der Waals surface area contributed by atoms with Crippen LogP contribution in [0.25, 0.3) is 10.9 Å². The van der Waals surface area contributed by atoms with E-state index in [4.69, 9.17) is 0 Å². The highest BCUT2D eigenvalue weighted by molar-refractivity contribution is 5.79. The Hall–Kier alpha value is -1.41. The largest absolute Gasteiger partial charge is 0.319 e. The van der Waals surface area contributed by atoms with E-state index in [1.165, 1.54) is 10.9 Å². The number of aryl methyl sites for hydroxylation is 1. The molecule has 0 saturated heterocycles. The van der Waals surface area contributed by atoms with Gasteiger partial charge in [-0.1, -0.05) is 12.1 Å². The van der Waals surface area contributed by atoms with Gasteiger partial charge < -0.3 is 5.32 Å². The van der Waals surface area contributed by atoms with Crippen molar-refractivity contribution in [1.29, 1.82) is 0 Å². The minimum absolute atomic E-state index is 1.02. The molecule has 78 valence electrons. The molecule has 0 aliphatic heterocycles. The molecule has 2 heteroatoms. The van der Waals surface area contributed by atoms with Crippen LogP contribution in [-0.2, 0) is 6.42 Å². The molecule has 15 heavy (non-hydrogen) atoms. The van der Waals surface area contributed by atoms with Crippen LogP contribution in [0.1, 0.15) is 11.3 Å². The van der Waals surface area contributed by atoms with Crippen molar-refractivity contribution in [2.24, 2.45) is 0 Å². The number of hydrogen-bond donors (Lipinski definition) is 1. The van der Waals surface area contributed by atoms with Crippen molar-refractivity contribution in [3.63, 3.8) is 0 Å². The van der Waals surface area contributed by atoms with Gasteiger partial charge in [-0.3, -0.25) is 4.98 Å². The second-order valence-corrected chi connectivity index (χ2v) is 3.83. The van der Waals surface area contributed by atoms with E-state index in [1.54, 1.807) is 0 Å². The number of likely N-dealkylation sites (N-methyl/N-ethyl adjacent to an activating group) is 1. The van der Waals surface area contributed by atoms with Crippen molar-refractivity contribution in [2.45, 2.75) is 13.3 Å². The van der Waals surface area contributed by atoms with Crippen molar-refractivity contribution in [2.75, 3.05) is 13.6 Å². The monoisotopic (exact) mass is 200 g/mol. The van der Waals surface area contributed by atoms with E-state index in [0.717, 1.165) is 24.2 Å². The average Bonchev–Trinajstić information content (AvgIpc) is 2.26. The minimum atomic E-state index is 1.02.